The Morgan fingerprint density at radius 1 is 1.47 bits per heavy atom. The number of benzene rings is 1. The van der Waals surface area contributed by atoms with Crippen molar-refractivity contribution in [3.63, 3.8) is 0 Å². The number of ether oxygens (including phenoxy) is 1. The SMILES string of the molecule is OCCOc1[c]ccc(-c2cn[nH]c2)c1. The van der Waals surface area contributed by atoms with Gasteiger partial charge >= 0.3 is 0 Å². The number of aliphatic hydroxyl groups is 1. The second-order valence-electron chi connectivity index (χ2n) is 3.00. The molecule has 1 heterocycles. The van der Waals surface area contributed by atoms with Crippen LogP contribution in [0, 0.1) is 6.07 Å². The summed E-state index contributed by atoms with van der Waals surface area (Å²) >= 11 is 0. The molecule has 0 saturated heterocycles. The van der Waals surface area contributed by atoms with Gasteiger partial charge in [0, 0.05) is 17.8 Å². The molecule has 2 aromatic rings. The lowest BCUT2D eigenvalue weighted by Gasteiger charge is -2.04. The summed E-state index contributed by atoms with van der Waals surface area (Å²) in [6.45, 7) is 0.287. The number of hydrogen-bond donors (Lipinski definition) is 2. The molecule has 2 N–H and O–H groups in total. The van der Waals surface area contributed by atoms with Crippen molar-refractivity contribution in [2.75, 3.05) is 13.2 Å². The summed E-state index contributed by atoms with van der Waals surface area (Å²) in [5.74, 6) is 0.628. The van der Waals surface area contributed by atoms with Crippen LogP contribution in [0.2, 0.25) is 0 Å². The minimum absolute atomic E-state index is 0.00375. The Kier molecular flexibility index (Phi) is 2.99. The first-order chi connectivity index (χ1) is 7.40. The molecule has 0 aliphatic rings. The maximum atomic E-state index is 8.63. The second kappa shape index (κ2) is 4.61. The van der Waals surface area contributed by atoms with Crippen LogP contribution in [-0.4, -0.2) is 28.5 Å². The Hall–Kier alpha value is -1.81. The summed E-state index contributed by atoms with van der Waals surface area (Å²) in [5.41, 5.74) is 2.01. The van der Waals surface area contributed by atoms with Gasteiger partial charge in [-0.1, -0.05) is 6.07 Å². The van der Waals surface area contributed by atoms with E-state index in [1.54, 1.807) is 12.3 Å². The van der Waals surface area contributed by atoms with E-state index in [0.717, 1.165) is 11.1 Å². The zero-order valence-electron chi connectivity index (χ0n) is 8.10. The fourth-order valence-corrected chi connectivity index (χ4v) is 1.27. The van der Waals surface area contributed by atoms with Crippen molar-refractivity contribution in [3.05, 3.63) is 36.7 Å². The van der Waals surface area contributed by atoms with Crippen LogP contribution >= 0.6 is 0 Å². The highest BCUT2D eigenvalue weighted by atomic mass is 16.5. The summed E-state index contributed by atoms with van der Waals surface area (Å²) in [6, 6.07) is 8.52. The van der Waals surface area contributed by atoms with Gasteiger partial charge in [0.1, 0.15) is 12.4 Å². The zero-order chi connectivity index (χ0) is 10.5. The van der Waals surface area contributed by atoms with E-state index in [-0.39, 0.29) is 13.2 Å². The molecular formula is C11H11N2O2. The minimum atomic E-state index is 0.00375. The van der Waals surface area contributed by atoms with Gasteiger partial charge in [0.05, 0.1) is 12.8 Å². The molecule has 2 rings (SSSR count). The summed E-state index contributed by atoms with van der Waals surface area (Å²) in [6.07, 6.45) is 3.55. The van der Waals surface area contributed by atoms with Crippen LogP contribution in [0.1, 0.15) is 0 Å². The van der Waals surface area contributed by atoms with Crippen molar-refractivity contribution in [1.82, 2.24) is 10.2 Å². The molecule has 0 atom stereocenters. The predicted molar refractivity (Wildman–Crippen MR) is 55.4 cm³/mol. The monoisotopic (exact) mass is 203 g/mol. The highest BCUT2D eigenvalue weighted by Gasteiger charge is 2.00. The number of hydrogen-bond acceptors (Lipinski definition) is 3. The van der Waals surface area contributed by atoms with Crippen molar-refractivity contribution < 1.29 is 9.84 Å². The van der Waals surface area contributed by atoms with Gasteiger partial charge in [-0.15, -0.1) is 0 Å². The largest absolute Gasteiger partial charge is 0.491 e. The van der Waals surface area contributed by atoms with E-state index >= 15 is 0 Å². The normalized spacial score (nSPS) is 10.2. The van der Waals surface area contributed by atoms with E-state index in [4.69, 9.17) is 9.84 Å². The third-order valence-electron chi connectivity index (χ3n) is 1.96. The number of aromatic amines is 1. The van der Waals surface area contributed by atoms with Crippen LogP contribution in [0.15, 0.2) is 30.6 Å². The average molecular weight is 203 g/mol. The van der Waals surface area contributed by atoms with Crippen molar-refractivity contribution in [3.8, 4) is 16.9 Å². The lowest BCUT2D eigenvalue weighted by atomic mass is 10.1. The molecule has 0 saturated carbocycles. The zero-order valence-corrected chi connectivity index (χ0v) is 8.10. The molecule has 4 nitrogen and oxygen atoms in total. The maximum Gasteiger partial charge on any atom is 0.128 e. The van der Waals surface area contributed by atoms with Crippen LogP contribution in [0.5, 0.6) is 5.75 Å². The predicted octanol–water partition coefficient (Wildman–Crippen LogP) is 1.25. The van der Waals surface area contributed by atoms with E-state index < -0.39 is 0 Å². The Labute approximate surface area is 87.5 Å². The molecule has 1 aromatic carbocycles. The number of aromatic nitrogens is 2. The van der Waals surface area contributed by atoms with Gasteiger partial charge in [0.2, 0.25) is 0 Å². The Morgan fingerprint density at radius 3 is 3.13 bits per heavy atom. The summed E-state index contributed by atoms with van der Waals surface area (Å²) in [7, 11) is 0. The first-order valence-corrected chi connectivity index (χ1v) is 4.64. The van der Waals surface area contributed by atoms with Gasteiger partial charge in [-0.2, -0.15) is 5.10 Å². The molecule has 0 aliphatic carbocycles. The Balaban J connectivity index is 2.19. The van der Waals surface area contributed by atoms with Gasteiger partial charge in [0.15, 0.2) is 0 Å². The number of H-pyrrole nitrogens is 1. The maximum absolute atomic E-state index is 8.63. The van der Waals surface area contributed by atoms with Crippen molar-refractivity contribution >= 4 is 0 Å². The van der Waals surface area contributed by atoms with Gasteiger partial charge in [-0.05, 0) is 17.7 Å². The topological polar surface area (TPSA) is 58.1 Å². The fourth-order valence-electron chi connectivity index (χ4n) is 1.27. The molecule has 0 unspecified atom stereocenters. The Bertz CT molecular complexity index is 412. The van der Waals surface area contributed by atoms with E-state index in [2.05, 4.69) is 16.3 Å². The first kappa shape index (κ1) is 9.73. The molecule has 0 amide bonds. The number of rotatable bonds is 4. The molecule has 77 valence electrons. The molecular weight excluding hydrogens is 192 g/mol. The number of nitrogens with one attached hydrogen (secondary N) is 1. The average Bonchev–Trinajstić information content (AvgIpc) is 2.80. The summed E-state index contributed by atoms with van der Waals surface area (Å²) in [5, 5.41) is 15.3. The highest BCUT2D eigenvalue weighted by molar-refractivity contribution is 5.63. The summed E-state index contributed by atoms with van der Waals surface area (Å²) in [4.78, 5) is 0. The van der Waals surface area contributed by atoms with Gasteiger partial charge in [0.25, 0.3) is 0 Å². The first-order valence-electron chi connectivity index (χ1n) is 4.64. The Morgan fingerprint density at radius 2 is 2.40 bits per heavy atom. The van der Waals surface area contributed by atoms with Gasteiger partial charge in [-0.25, -0.2) is 0 Å². The lowest BCUT2D eigenvalue weighted by Crippen LogP contribution is -2.01. The molecule has 0 fully saturated rings. The third-order valence-corrected chi connectivity index (χ3v) is 1.96. The van der Waals surface area contributed by atoms with E-state index in [0.29, 0.717) is 5.75 Å². The molecule has 0 aliphatic heterocycles. The minimum Gasteiger partial charge on any atom is -0.491 e. The highest BCUT2D eigenvalue weighted by Crippen LogP contribution is 2.22. The van der Waals surface area contributed by atoms with Crippen LogP contribution in [0.25, 0.3) is 11.1 Å². The van der Waals surface area contributed by atoms with E-state index in [1.165, 1.54) is 0 Å². The quantitative estimate of drug-likeness (QED) is 0.786. The van der Waals surface area contributed by atoms with Crippen LogP contribution in [-0.2, 0) is 0 Å². The smallest absolute Gasteiger partial charge is 0.128 e. The molecule has 0 bridgehead atoms. The second-order valence-corrected chi connectivity index (χ2v) is 3.00. The van der Waals surface area contributed by atoms with E-state index in [1.807, 2.05) is 18.3 Å². The number of aliphatic hydroxyl groups excluding tert-OH is 1. The molecule has 1 aromatic heterocycles. The summed E-state index contributed by atoms with van der Waals surface area (Å²) < 4.78 is 5.26. The number of nitrogens with zero attached hydrogens (tertiary/aromatic N) is 1. The van der Waals surface area contributed by atoms with Gasteiger partial charge < -0.3 is 9.84 Å². The van der Waals surface area contributed by atoms with E-state index in [9.17, 15) is 0 Å². The van der Waals surface area contributed by atoms with Crippen molar-refractivity contribution in [2.24, 2.45) is 0 Å². The molecule has 4 heteroatoms. The van der Waals surface area contributed by atoms with Crippen LogP contribution in [0.4, 0.5) is 0 Å². The van der Waals surface area contributed by atoms with Crippen LogP contribution in [0.3, 0.4) is 0 Å². The standard InChI is InChI=1S/C11H11N2O2/c14-4-5-15-11-3-1-2-9(6-11)10-7-12-13-8-10/h1-2,6-8,14H,4-5H2,(H,12,13). The molecule has 15 heavy (non-hydrogen) atoms. The molecule has 0 spiro atoms. The lowest BCUT2D eigenvalue weighted by molar-refractivity contribution is 0.201. The fraction of sp³-hybridized carbons (Fsp3) is 0.182. The van der Waals surface area contributed by atoms with Crippen LogP contribution < -0.4 is 4.74 Å². The van der Waals surface area contributed by atoms with Gasteiger partial charge in [-0.3, -0.25) is 5.10 Å². The van der Waals surface area contributed by atoms with Crippen molar-refractivity contribution in [1.29, 1.82) is 0 Å². The van der Waals surface area contributed by atoms with Crippen molar-refractivity contribution in [2.45, 2.75) is 0 Å². The molecule has 1 radical (unpaired) electrons. The third kappa shape index (κ3) is 2.35.